The molecule has 2 aliphatic rings. The molecule has 0 aromatic heterocycles. The molecule has 1 saturated carbocycles. The first-order valence-electron chi connectivity index (χ1n) is 8.79. The van der Waals surface area contributed by atoms with Gasteiger partial charge in [-0.3, -0.25) is 0 Å². The highest BCUT2D eigenvalue weighted by Crippen LogP contribution is 2.30. The number of rotatable bonds is 4. The van der Waals surface area contributed by atoms with E-state index in [0.29, 0.717) is 29.4 Å². The van der Waals surface area contributed by atoms with Crippen LogP contribution in [0.15, 0.2) is 35.5 Å². The third-order valence-corrected chi connectivity index (χ3v) is 4.87. The van der Waals surface area contributed by atoms with Crippen LogP contribution in [0.4, 0.5) is 4.79 Å². The molecular weight excluding hydrogens is 320 g/mol. The number of phenolic OH excluding ortho intramolecular Hbond substituents is 1. The number of carbonyl (C=O) groups is 2. The second-order valence-corrected chi connectivity index (χ2v) is 6.77. The summed E-state index contributed by atoms with van der Waals surface area (Å²) in [5.74, 6) is 0.0748. The summed E-state index contributed by atoms with van der Waals surface area (Å²) in [4.78, 5) is 24.5. The molecule has 6 nitrogen and oxygen atoms in total. The molecule has 134 valence electrons. The van der Waals surface area contributed by atoms with Crippen molar-refractivity contribution >= 4 is 12.0 Å². The lowest BCUT2D eigenvalue weighted by molar-refractivity contribution is -0.141. The SMILES string of the molecule is CC1=C(C(=O)OCC2CCCCC2)[C@@H](c2cccc(O)c2)NC(=O)N1. The zero-order valence-electron chi connectivity index (χ0n) is 14.4. The number of carbonyl (C=O) groups excluding carboxylic acids is 2. The van der Waals surface area contributed by atoms with Gasteiger partial charge >= 0.3 is 12.0 Å². The third kappa shape index (κ3) is 4.13. The summed E-state index contributed by atoms with van der Waals surface area (Å²) in [5, 5.41) is 15.1. The number of aromatic hydroxyl groups is 1. The van der Waals surface area contributed by atoms with Gasteiger partial charge in [-0.25, -0.2) is 9.59 Å². The third-order valence-electron chi connectivity index (χ3n) is 4.87. The minimum Gasteiger partial charge on any atom is -0.508 e. The molecular formula is C19H24N2O4. The Kier molecular flexibility index (Phi) is 5.26. The van der Waals surface area contributed by atoms with Crippen molar-refractivity contribution in [2.24, 2.45) is 5.92 Å². The molecule has 1 aromatic carbocycles. The van der Waals surface area contributed by atoms with Gasteiger partial charge in [0, 0.05) is 5.70 Å². The average Bonchev–Trinajstić information content (AvgIpc) is 2.60. The molecule has 1 fully saturated rings. The monoisotopic (exact) mass is 344 g/mol. The number of benzene rings is 1. The first-order valence-corrected chi connectivity index (χ1v) is 8.79. The lowest BCUT2D eigenvalue weighted by atomic mass is 9.90. The van der Waals surface area contributed by atoms with Gasteiger partial charge in [0.1, 0.15) is 5.75 Å². The summed E-state index contributed by atoms with van der Waals surface area (Å²) >= 11 is 0. The molecule has 25 heavy (non-hydrogen) atoms. The molecule has 3 rings (SSSR count). The summed E-state index contributed by atoms with van der Waals surface area (Å²) in [7, 11) is 0. The van der Waals surface area contributed by atoms with Crippen molar-refractivity contribution in [2.75, 3.05) is 6.61 Å². The maximum Gasteiger partial charge on any atom is 0.338 e. The van der Waals surface area contributed by atoms with E-state index in [1.165, 1.54) is 25.3 Å². The van der Waals surface area contributed by atoms with Crippen LogP contribution in [-0.4, -0.2) is 23.7 Å². The molecule has 0 saturated heterocycles. The summed E-state index contributed by atoms with van der Waals surface area (Å²) in [5.41, 5.74) is 1.49. The maximum atomic E-state index is 12.7. The number of nitrogens with one attached hydrogen (secondary N) is 2. The first kappa shape index (κ1) is 17.3. The number of ether oxygens (including phenoxy) is 1. The Balaban J connectivity index is 1.78. The van der Waals surface area contributed by atoms with Crippen LogP contribution in [-0.2, 0) is 9.53 Å². The van der Waals surface area contributed by atoms with Crippen molar-refractivity contribution in [3.8, 4) is 5.75 Å². The Morgan fingerprint density at radius 2 is 2.04 bits per heavy atom. The van der Waals surface area contributed by atoms with Crippen LogP contribution in [0, 0.1) is 5.92 Å². The Morgan fingerprint density at radius 3 is 2.76 bits per heavy atom. The highest BCUT2D eigenvalue weighted by molar-refractivity contribution is 5.95. The minimum absolute atomic E-state index is 0.0813. The number of hydrogen-bond donors (Lipinski definition) is 3. The van der Waals surface area contributed by atoms with Crippen LogP contribution in [0.3, 0.4) is 0 Å². The summed E-state index contributed by atoms with van der Waals surface area (Å²) in [6.07, 6.45) is 5.82. The maximum absolute atomic E-state index is 12.7. The van der Waals surface area contributed by atoms with Crippen LogP contribution in [0.2, 0.25) is 0 Å². The molecule has 0 unspecified atom stereocenters. The zero-order valence-corrected chi connectivity index (χ0v) is 14.4. The largest absolute Gasteiger partial charge is 0.508 e. The summed E-state index contributed by atoms with van der Waals surface area (Å²) in [6.45, 7) is 2.10. The van der Waals surface area contributed by atoms with E-state index in [2.05, 4.69) is 10.6 Å². The smallest absolute Gasteiger partial charge is 0.338 e. The lowest BCUT2D eigenvalue weighted by Gasteiger charge is -2.29. The van der Waals surface area contributed by atoms with Crippen molar-refractivity contribution in [2.45, 2.75) is 45.1 Å². The van der Waals surface area contributed by atoms with Crippen LogP contribution in [0.25, 0.3) is 0 Å². The van der Waals surface area contributed by atoms with E-state index in [1.54, 1.807) is 25.1 Å². The van der Waals surface area contributed by atoms with E-state index in [0.717, 1.165) is 12.8 Å². The van der Waals surface area contributed by atoms with Gasteiger partial charge in [-0.05, 0) is 43.4 Å². The molecule has 2 amide bonds. The fourth-order valence-corrected chi connectivity index (χ4v) is 3.54. The van der Waals surface area contributed by atoms with Gasteiger partial charge in [0.05, 0.1) is 18.2 Å². The molecule has 1 aliphatic carbocycles. The zero-order chi connectivity index (χ0) is 17.8. The van der Waals surface area contributed by atoms with E-state index in [1.807, 2.05) is 0 Å². The van der Waals surface area contributed by atoms with Crippen molar-refractivity contribution in [3.63, 3.8) is 0 Å². The van der Waals surface area contributed by atoms with Crippen LogP contribution < -0.4 is 10.6 Å². The number of urea groups is 1. The Bertz CT molecular complexity index is 692. The molecule has 1 aliphatic heterocycles. The number of hydrogen-bond acceptors (Lipinski definition) is 4. The molecule has 1 atom stereocenters. The number of amides is 2. The molecule has 0 radical (unpaired) electrons. The van der Waals surface area contributed by atoms with Crippen molar-refractivity contribution < 1.29 is 19.4 Å². The van der Waals surface area contributed by atoms with E-state index < -0.39 is 12.0 Å². The highest BCUT2D eigenvalue weighted by atomic mass is 16.5. The summed E-state index contributed by atoms with van der Waals surface area (Å²) < 4.78 is 5.56. The summed E-state index contributed by atoms with van der Waals surface area (Å²) in [6, 6.07) is 5.51. The fourth-order valence-electron chi connectivity index (χ4n) is 3.54. The van der Waals surface area contributed by atoms with Crippen LogP contribution >= 0.6 is 0 Å². The Labute approximate surface area is 147 Å². The molecule has 1 aromatic rings. The standard InChI is InChI=1S/C19H24N2O4/c1-12-16(18(23)25-11-13-6-3-2-4-7-13)17(21-19(24)20-12)14-8-5-9-15(22)10-14/h5,8-10,13,17,22H,2-4,6-7,11H2,1H3,(H2,20,21,24)/t17-/m1/s1. The Morgan fingerprint density at radius 1 is 1.28 bits per heavy atom. The predicted octanol–water partition coefficient (Wildman–Crippen LogP) is 3.14. The van der Waals surface area contributed by atoms with Gasteiger partial charge in [-0.15, -0.1) is 0 Å². The number of allylic oxidation sites excluding steroid dienone is 1. The number of esters is 1. The molecule has 6 heteroatoms. The van der Waals surface area contributed by atoms with E-state index in [9.17, 15) is 14.7 Å². The molecule has 1 heterocycles. The van der Waals surface area contributed by atoms with Crippen LogP contribution in [0.1, 0.15) is 50.6 Å². The average molecular weight is 344 g/mol. The molecule has 0 spiro atoms. The van der Waals surface area contributed by atoms with Gasteiger partial charge < -0.3 is 20.5 Å². The molecule has 3 N–H and O–H groups in total. The second kappa shape index (κ2) is 7.59. The van der Waals surface area contributed by atoms with Gasteiger partial charge in [0.25, 0.3) is 0 Å². The van der Waals surface area contributed by atoms with Crippen molar-refractivity contribution in [1.82, 2.24) is 10.6 Å². The predicted molar refractivity (Wildman–Crippen MR) is 92.7 cm³/mol. The number of phenols is 1. The fraction of sp³-hybridized carbons (Fsp3) is 0.474. The topological polar surface area (TPSA) is 87.7 Å². The van der Waals surface area contributed by atoms with Gasteiger partial charge in [-0.2, -0.15) is 0 Å². The first-order chi connectivity index (χ1) is 12.0. The highest BCUT2D eigenvalue weighted by Gasteiger charge is 2.32. The van der Waals surface area contributed by atoms with Crippen molar-refractivity contribution in [1.29, 1.82) is 0 Å². The van der Waals surface area contributed by atoms with E-state index >= 15 is 0 Å². The quantitative estimate of drug-likeness (QED) is 0.732. The normalized spacial score (nSPS) is 21.5. The Hall–Kier alpha value is -2.50. The van der Waals surface area contributed by atoms with Crippen molar-refractivity contribution in [3.05, 3.63) is 41.1 Å². The van der Waals surface area contributed by atoms with E-state index in [4.69, 9.17) is 4.74 Å². The lowest BCUT2D eigenvalue weighted by Crippen LogP contribution is -2.45. The van der Waals surface area contributed by atoms with Crippen LogP contribution in [0.5, 0.6) is 5.75 Å². The van der Waals surface area contributed by atoms with Gasteiger partial charge in [0.15, 0.2) is 0 Å². The van der Waals surface area contributed by atoms with E-state index in [-0.39, 0.29) is 11.8 Å². The second-order valence-electron chi connectivity index (χ2n) is 6.77. The van der Waals surface area contributed by atoms with Gasteiger partial charge in [0.2, 0.25) is 0 Å². The minimum atomic E-state index is -0.639. The van der Waals surface area contributed by atoms with Gasteiger partial charge in [-0.1, -0.05) is 31.4 Å². The molecule has 0 bridgehead atoms.